The Balaban J connectivity index is 1.69. The first-order valence-electron chi connectivity index (χ1n) is 7.87. The predicted octanol–water partition coefficient (Wildman–Crippen LogP) is 2.81. The smallest absolute Gasteiger partial charge is 0.299 e. The van der Waals surface area contributed by atoms with Gasteiger partial charge in [-0.25, -0.2) is 0 Å². The number of rotatable bonds is 1. The summed E-state index contributed by atoms with van der Waals surface area (Å²) in [6.45, 7) is 0. The molecule has 0 N–H and O–H groups in total. The summed E-state index contributed by atoms with van der Waals surface area (Å²) in [7, 11) is 0. The van der Waals surface area contributed by atoms with Crippen molar-refractivity contribution in [3.63, 3.8) is 0 Å². The minimum absolute atomic E-state index is 0.0305. The lowest BCUT2D eigenvalue weighted by Gasteiger charge is -2.41. The molecular weight excluding hydrogens is 323 g/mol. The van der Waals surface area contributed by atoms with E-state index >= 15 is 0 Å². The molecule has 1 heterocycles. The van der Waals surface area contributed by atoms with Crippen LogP contribution < -0.4 is 4.90 Å². The second-order valence-corrected chi connectivity index (χ2v) is 6.72. The van der Waals surface area contributed by atoms with Crippen LogP contribution in [-0.2, 0) is 20.6 Å². The average Bonchev–Trinajstić information content (AvgIpc) is 2.80. The molecule has 0 spiro atoms. The zero-order valence-electron chi connectivity index (χ0n) is 12.5. The van der Waals surface area contributed by atoms with Gasteiger partial charge in [-0.15, -0.1) is 0 Å². The maximum absolute atomic E-state index is 12.7. The van der Waals surface area contributed by atoms with Gasteiger partial charge in [0.2, 0.25) is 11.8 Å². The maximum Gasteiger partial charge on any atom is 0.416 e. The Labute approximate surface area is 135 Å². The molecule has 5 rings (SSSR count). The number of nitrogens with zero attached hydrogens (tertiary/aromatic N) is 1. The summed E-state index contributed by atoms with van der Waals surface area (Å²) < 4.78 is 38.0. The highest BCUT2D eigenvalue weighted by Crippen LogP contribution is 2.52. The lowest BCUT2D eigenvalue weighted by molar-refractivity contribution is -0.143. The van der Waals surface area contributed by atoms with Gasteiger partial charge in [-0.3, -0.25) is 19.3 Å². The molecule has 0 aromatic heterocycles. The van der Waals surface area contributed by atoms with Gasteiger partial charge in [0.1, 0.15) is 5.78 Å². The fourth-order valence-electron chi connectivity index (χ4n) is 4.44. The standard InChI is InChI=1S/C17H14F3NO3/c18-17(19,20)9-2-4-10(5-3-9)21-15(23)13-8-1-6-11(12(22)7-8)14(13)16(21)24/h2-5,8,11,13-14H,1,6-7H2/t8-,11+,13+,14-/m0/s1. The molecule has 4 aliphatic rings. The van der Waals surface area contributed by atoms with Crippen molar-refractivity contribution in [2.24, 2.45) is 23.7 Å². The third kappa shape index (κ3) is 2.03. The molecule has 4 nitrogen and oxygen atoms in total. The molecule has 1 aromatic rings. The number of fused-ring (bicyclic) bond motifs is 2. The number of carbonyl (C=O) groups is 3. The van der Waals surface area contributed by atoms with Crippen LogP contribution in [0.3, 0.4) is 0 Å². The first kappa shape index (κ1) is 15.4. The molecule has 4 atom stereocenters. The summed E-state index contributed by atoms with van der Waals surface area (Å²) in [5.74, 6) is -2.49. The van der Waals surface area contributed by atoms with E-state index in [1.807, 2.05) is 0 Å². The minimum atomic E-state index is -4.48. The lowest BCUT2D eigenvalue weighted by atomic mass is 9.59. The van der Waals surface area contributed by atoms with Gasteiger partial charge in [0.05, 0.1) is 23.1 Å². The molecule has 1 saturated heterocycles. The summed E-state index contributed by atoms with van der Waals surface area (Å²) in [5, 5.41) is 0. The number of carbonyl (C=O) groups excluding carboxylic acids is 3. The Kier molecular flexibility index (Phi) is 3.14. The number of benzene rings is 1. The molecule has 0 radical (unpaired) electrons. The van der Waals surface area contributed by atoms with Gasteiger partial charge in [0, 0.05) is 12.3 Å². The zero-order valence-corrected chi connectivity index (χ0v) is 12.5. The molecule has 4 fully saturated rings. The van der Waals surface area contributed by atoms with E-state index in [4.69, 9.17) is 0 Å². The molecule has 24 heavy (non-hydrogen) atoms. The Morgan fingerprint density at radius 2 is 1.54 bits per heavy atom. The van der Waals surface area contributed by atoms with Crippen molar-refractivity contribution in [1.29, 1.82) is 0 Å². The number of Topliss-reactive ketones (excluding diaryl/α,β-unsaturated/α-hetero) is 1. The Morgan fingerprint density at radius 3 is 2.12 bits per heavy atom. The number of imide groups is 1. The van der Waals surface area contributed by atoms with Crippen molar-refractivity contribution in [1.82, 2.24) is 0 Å². The first-order chi connectivity index (χ1) is 11.3. The van der Waals surface area contributed by atoms with Crippen LogP contribution in [0.15, 0.2) is 24.3 Å². The highest BCUT2D eigenvalue weighted by Gasteiger charge is 2.60. The normalized spacial score (nSPS) is 32.5. The lowest BCUT2D eigenvalue weighted by Crippen LogP contribution is -2.46. The van der Waals surface area contributed by atoms with Gasteiger partial charge in [-0.1, -0.05) is 0 Å². The van der Waals surface area contributed by atoms with Crippen molar-refractivity contribution in [2.75, 3.05) is 4.90 Å². The second-order valence-electron chi connectivity index (χ2n) is 6.72. The van der Waals surface area contributed by atoms with E-state index in [2.05, 4.69) is 0 Å². The van der Waals surface area contributed by atoms with Crippen LogP contribution in [-0.4, -0.2) is 17.6 Å². The molecule has 126 valence electrons. The van der Waals surface area contributed by atoms with E-state index in [9.17, 15) is 27.6 Å². The Bertz CT molecular complexity index is 740. The maximum atomic E-state index is 12.7. The van der Waals surface area contributed by atoms with E-state index in [0.717, 1.165) is 35.6 Å². The first-order valence-corrected chi connectivity index (χ1v) is 7.87. The van der Waals surface area contributed by atoms with E-state index in [-0.39, 0.29) is 23.3 Å². The number of ketones is 1. The molecule has 2 amide bonds. The van der Waals surface area contributed by atoms with Gasteiger partial charge in [0.15, 0.2) is 0 Å². The van der Waals surface area contributed by atoms with Crippen molar-refractivity contribution in [3.8, 4) is 0 Å². The number of alkyl halides is 3. The molecule has 1 aromatic carbocycles. The van der Waals surface area contributed by atoms with E-state index in [1.54, 1.807) is 0 Å². The summed E-state index contributed by atoms with van der Waals surface area (Å²) in [5.41, 5.74) is -0.697. The summed E-state index contributed by atoms with van der Waals surface area (Å²) in [6, 6.07) is 3.99. The number of anilines is 1. The zero-order chi connectivity index (χ0) is 17.2. The Morgan fingerprint density at radius 1 is 0.917 bits per heavy atom. The van der Waals surface area contributed by atoms with Gasteiger partial charge in [0.25, 0.3) is 0 Å². The molecule has 3 saturated carbocycles. The second kappa shape index (κ2) is 4.91. The largest absolute Gasteiger partial charge is 0.416 e. The third-order valence-electron chi connectivity index (χ3n) is 5.52. The molecular formula is C17H14F3NO3. The molecule has 0 unspecified atom stereocenters. The van der Waals surface area contributed by atoms with Gasteiger partial charge >= 0.3 is 6.18 Å². The highest BCUT2D eigenvalue weighted by molar-refractivity contribution is 6.23. The van der Waals surface area contributed by atoms with E-state index in [1.165, 1.54) is 0 Å². The van der Waals surface area contributed by atoms with Crippen LogP contribution in [0.5, 0.6) is 0 Å². The van der Waals surface area contributed by atoms with Crippen LogP contribution in [0.4, 0.5) is 18.9 Å². The average molecular weight is 337 g/mol. The number of halogens is 3. The van der Waals surface area contributed by atoms with Gasteiger partial charge in [-0.05, 0) is 43.0 Å². The van der Waals surface area contributed by atoms with Crippen LogP contribution in [0.25, 0.3) is 0 Å². The summed E-state index contributed by atoms with van der Waals surface area (Å²) >= 11 is 0. The molecule has 7 heteroatoms. The van der Waals surface area contributed by atoms with Crippen LogP contribution in [0.2, 0.25) is 0 Å². The van der Waals surface area contributed by atoms with Crippen LogP contribution in [0.1, 0.15) is 24.8 Å². The summed E-state index contributed by atoms with van der Waals surface area (Å²) in [6.07, 6.45) is -2.79. The van der Waals surface area contributed by atoms with Crippen LogP contribution >= 0.6 is 0 Å². The predicted molar refractivity (Wildman–Crippen MR) is 76.8 cm³/mol. The van der Waals surface area contributed by atoms with Gasteiger partial charge in [-0.2, -0.15) is 13.2 Å². The van der Waals surface area contributed by atoms with E-state index in [0.29, 0.717) is 12.8 Å². The number of hydrogen-bond donors (Lipinski definition) is 0. The Hall–Kier alpha value is -2.18. The van der Waals surface area contributed by atoms with Crippen molar-refractivity contribution >= 4 is 23.3 Å². The SMILES string of the molecule is O=C1C[C@@H]2CC[C@H]1[C@@H]1C(=O)N(c3ccc(C(F)(F)F)cc3)C(=O)[C@H]21. The topological polar surface area (TPSA) is 54.5 Å². The molecule has 1 aliphatic heterocycles. The van der Waals surface area contributed by atoms with Crippen molar-refractivity contribution < 1.29 is 27.6 Å². The van der Waals surface area contributed by atoms with Crippen molar-refractivity contribution in [2.45, 2.75) is 25.4 Å². The molecule has 2 bridgehead atoms. The number of amides is 2. The number of hydrogen-bond acceptors (Lipinski definition) is 3. The quantitative estimate of drug-likeness (QED) is 0.741. The highest BCUT2D eigenvalue weighted by atomic mass is 19.4. The molecule has 3 aliphatic carbocycles. The fourth-order valence-corrected chi connectivity index (χ4v) is 4.44. The monoisotopic (exact) mass is 337 g/mol. The third-order valence-corrected chi connectivity index (χ3v) is 5.52. The fraction of sp³-hybridized carbons (Fsp3) is 0.471. The van der Waals surface area contributed by atoms with Crippen LogP contribution in [0, 0.1) is 23.7 Å². The minimum Gasteiger partial charge on any atom is -0.299 e. The van der Waals surface area contributed by atoms with E-state index < -0.39 is 35.4 Å². The summed E-state index contributed by atoms with van der Waals surface area (Å²) in [4.78, 5) is 38.4. The van der Waals surface area contributed by atoms with Crippen molar-refractivity contribution in [3.05, 3.63) is 29.8 Å². The van der Waals surface area contributed by atoms with Gasteiger partial charge < -0.3 is 0 Å².